The molecule has 0 bridgehead atoms. The Morgan fingerprint density at radius 1 is 0.833 bits per heavy atom. The molecule has 0 spiro atoms. The Hall–Kier alpha value is -1.50. The van der Waals surface area contributed by atoms with Crippen molar-refractivity contribution in [2.24, 2.45) is 0 Å². The summed E-state index contributed by atoms with van der Waals surface area (Å²) >= 11 is 0. The molecule has 2 rings (SSSR count). The summed E-state index contributed by atoms with van der Waals surface area (Å²) in [6.45, 7) is 11.1. The molecule has 0 fully saturated rings. The fourth-order valence-electron chi connectivity index (χ4n) is 2.51. The van der Waals surface area contributed by atoms with Crippen LogP contribution in [-0.4, -0.2) is 4.57 Å². The smallest absolute Gasteiger partial charge is 0.0484 e. The lowest BCUT2D eigenvalue weighted by Gasteiger charge is -2.16. The monoisotopic (exact) mass is 241 g/mol. The zero-order valence-electron chi connectivity index (χ0n) is 12.1. The van der Waals surface area contributed by atoms with Crippen molar-refractivity contribution in [3.63, 3.8) is 0 Å². The number of aryl methyl sites for hydroxylation is 1. The summed E-state index contributed by atoms with van der Waals surface area (Å²) in [4.78, 5) is 0. The summed E-state index contributed by atoms with van der Waals surface area (Å²) in [6, 6.07) is 13.9. The van der Waals surface area contributed by atoms with Crippen molar-refractivity contribution in [2.45, 2.75) is 46.6 Å². The fraction of sp³-hybridized carbons (Fsp3) is 0.412. The van der Waals surface area contributed by atoms with Gasteiger partial charge in [0, 0.05) is 17.4 Å². The van der Waals surface area contributed by atoms with Crippen molar-refractivity contribution in [3.8, 4) is 11.3 Å². The topological polar surface area (TPSA) is 4.93 Å². The van der Waals surface area contributed by atoms with E-state index in [9.17, 15) is 0 Å². The molecule has 1 heteroatoms. The predicted octanol–water partition coefficient (Wildman–Crippen LogP) is 5.17. The average Bonchev–Trinajstić information content (AvgIpc) is 2.71. The van der Waals surface area contributed by atoms with Gasteiger partial charge in [0.2, 0.25) is 0 Å². The van der Waals surface area contributed by atoms with E-state index in [2.05, 4.69) is 75.6 Å². The lowest BCUT2D eigenvalue weighted by Crippen LogP contribution is -2.04. The molecular weight excluding hydrogens is 218 g/mol. The predicted molar refractivity (Wildman–Crippen MR) is 79.1 cm³/mol. The first kappa shape index (κ1) is 12.9. The van der Waals surface area contributed by atoms with Crippen molar-refractivity contribution in [3.05, 3.63) is 47.7 Å². The van der Waals surface area contributed by atoms with Gasteiger partial charge in [-0.3, -0.25) is 0 Å². The summed E-state index contributed by atoms with van der Waals surface area (Å²) in [5.41, 5.74) is 5.35. The van der Waals surface area contributed by atoms with Crippen LogP contribution in [0.25, 0.3) is 11.3 Å². The van der Waals surface area contributed by atoms with E-state index >= 15 is 0 Å². The molecule has 0 aliphatic heterocycles. The zero-order valence-corrected chi connectivity index (χ0v) is 12.1. The van der Waals surface area contributed by atoms with Crippen LogP contribution in [0.1, 0.15) is 50.9 Å². The quantitative estimate of drug-likeness (QED) is 0.698. The Morgan fingerprint density at radius 3 is 1.94 bits per heavy atom. The highest BCUT2D eigenvalue weighted by atomic mass is 15.0. The Bertz CT molecular complexity index is 515. The number of hydrogen-bond donors (Lipinski definition) is 0. The molecule has 1 nitrogen and oxygen atoms in total. The van der Waals surface area contributed by atoms with Crippen LogP contribution in [0.15, 0.2) is 36.4 Å². The van der Waals surface area contributed by atoms with Gasteiger partial charge in [0.05, 0.1) is 0 Å². The zero-order chi connectivity index (χ0) is 13.3. The molecule has 1 aromatic heterocycles. The highest BCUT2D eigenvalue weighted by molar-refractivity contribution is 5.61. The van der Waals surface area contributed by atoms with Gasteiger partial charge in [-0.2, -0.15) is 0 Å². The molecule has 0 radical (unpaired) electrons. The van der Waals surface area contributed by atoms with E-state index in [-0.39, 0.29) is 0 Å². The molecule has 1 aromatic carbocycles. The van der Waals surface area contributed by atoms with Gasteiger partial charge in [0.1, 0.15) is 0 Å². The molecule has 2 aromatic rings. The van der Waals surface area contributed by atoms with Crippen LogP contribution in [0.3, 0.4) is 0 Å². The third-order valence-corrected chi connectivity index (χ3v) is 3.51. The summed E-state index contributed by atoms with van der Waals surface area (Å²) in [5, 5.41) is 0. The average molecular weight is 241 g/mol. The van der Waals surface area contributed by atoms with Crippen LogP contribution in [0, 0.1) is 6.92 Å². The van der Waals surface area contributed by atoms with Crippen LogP contribution < -0.4 is 0 Å². The summed E-state index contributed by atoms with van der Waals surface area (Å²) in [7, 11) is 0. The van der Waals surface area contributed by atoms with Crippen molar-refractivity contribution in [1.82, 2.24) is 4.57 Å². The standard InChI is InChI=1S/C17H23N/c1-12(2)15-7-9-16(10-8-15)17-11-6-14(5)18(17)13(3)4/h6-13H,1-5H3. The highest BCUT2D eigenvalue weighted by Crippen LogP contribution is 2.27. The minimum absolute atomic E-state index is 0.500. The van der Waals surface area contributed by atoms with Crippen LogP contribution >= 0.6 is 0 Å². The van der Waals surface area contributed by atoms with Gasteiger partial charge in [0.25, 0.3) is 0 Å². The highest BCUT2D eigenvalue weighted by Gasteiger charge is 2.10. The van der Waals surface area contributed by atoms with Crippen molar-refractivity contribution >= 4 is 0 Å². The number of benzene rings is 1. The molecule has 0 N–H and O–H groups in total. The molecule has 0 saturated heterocycles. The second-order valence-corrected chi connectivity index (χ2v) is 5.60. The first-order valence-corrected chi connectivity index (χ1v) is 6.79. The second kappa shape index (κ2) is 5.01. The normalized spacial score (nSPS) is 11.5. The van der Waals surface area contributed by atoms with Gasteiger partial charge in [0.15, 0.2) is 0 Å². The van der Waals surface area contributed by atoms with Gasteiger partial charge >= 0.3 is 0 Å². The first-order valence-electron chi connectivity index (χ1n) is 6.79. The van der Waals surface area contributed by atoms with Crippen LogP contribution in [0.2, 0.25) is 0 Å². The van der Waals surface area contributed by atoms with Crippen LogP contribution in [0.4, 0.5) is 0 Å². The summed E-state index contributed by atoms with van der Waals surface area (Å²) < 4.78 is 2.39. The molecule has 18 heavy (non-hydrogen) atoms. The molecule has 96 valence electrons. The van der Waals surface area contributed by atoms with E-state index in [0.29, 0.717) is 12.0 Å². The third-order valence-electron chi connectivity index (χ3n) is 3.51. The van der Waals surface area contributed by atoms with Crippen molar-refractivity contribution < 1.29 is 0 Å². The summed E-state index contributed by atoms with van der Waals surface area (Å²) in [5.74, 6) is 0.595. The molecule has 0 unspecified atom stereocenters. The van der Waals surface area contributed by atoms with E-state index in [1.165, 1.54) is 22.5 Å². The van der Waals surface area contributed by atoms with Gasteiger partial charge in [-0.1, -0.05) is 38.1 Å². The van der Waals surface area contributed by atoms with E-state index in [1.807, 2.05) is 0 Å². The minimum atomic E-state index is 0.500. The molecule has 1 heterocycles. The fourth-order valence-corrected chi connectivity index (χ4v) is 2.51. The number of hydrogen-bond acceptors (Lipinski definition) is 0. The molecular formula is C17H23N. The number of aromatic nitrogens is 1. The van der Waals surface area contributed by atoms with Crippen molar-refractivity contribution in [1.29, 1.82) is 0 Å². The van der Waals surface area contributed by atoms with E-state index in [0.717, 1.165) is 0 Å². The molecule has 0 atom stereocenters. The molecule has 0 aliphatic carbocycles. The van der Waals surface area contributed by atoms with Gasteiger partial charge < -0.3 is 4.57 Å². The van der Waals surface area contributed by atoms with Gasteiger partial charge in [-0.25, -0.2) is 0 Å². The van der Waals surface area contributed by atoms with Gasteiger partial charge in [-0.15, -0.1) is 0 Å². The Balaban J connectivity index is 2.43. The Morgan fingerprint density at radius 2 is 1.44 bits per heavy atom. The maximum absolute atomic E-state index is 2.39. The molecule has 0 aliphatic rings. The second-order valence-electron chi connectivity index (χ2n) is 5.60. The first-order chi connectivity index (χ1) is 8.50. The third kappa shape index (κ3) is 2.35. The molecule has 0 amide bonds. The van der Waals surface area contributed by atoms with E-state index < -0.39 is 0 Å². The van der Waals surface area contributed by atoms with E-state index in [1.54, 1.807) is 0 Å². The lowest BCUT2D eigenvalue weighted by atomic mass is 10.0. The molecule has 0 saturated carbocycles. The number of rotatable bonds is 3. The van der Waals surface area contributed by atoms with Gasteiger partial charge in [-0.05, 0) is 49.9 Å². The van der Waals surface area contributed by atoms with E-state index in [4.69, 9.17) is 0 Å². The maximum atomic E-state index is 2.39. The largest absolute Gasteiger partial charge is 0.342 e. The van der Waals surface area contributed by atoms with Crippen molar-refractivity contribution in [2.75, 3.05) is 0 Å². The Kier molecular flexibility index (Phi) is 3.60. The Labute approximate surface area is 110 Å². The minimum Gasteiger partial charge on any atom is -0.342 e. The summed E-state index contributed by atoms with van der Waals surface area (Å²) in [6.07, 6.45) is 0. The van der Waals surface area contributed by atoms with Crippen LogP contribution in [-0.2, 0) is 0 Å². The number of nitrogens with zero attached hydrogens (tertiary/aromatic N) is 1. The maximum Gasteiger partial charge on any atom is 0.0484 e. The SMILES string of the molecule is Cc1ccc(-c2ccc(C(C)C)cc2)n1C(C)C. The lowest BCUT2D eigenvalue weighted by molar-refractivity contribution is 0.595. The van der Waals surface area contributed by atoms with Crippen LogP contribution in [0.5, 0.6) is 0 Å².